The smallest absolute Gasteiger partial charge is 0.328 e. The van der Waals surface area contributed by atoms with Crippen molar-refractivity contribution in [2.24, 2.45) is 0 Å². The van der Waals surface area contributed by atoms with Crippen LogP contribution in [0.5, 0.6) is 0 Å². The molecule has 0 spiro atoms. The fourth-order valence-corrected chi connectivity index (χ4v) is 4.07. The fraction of sp³-hybridized carbons (Fsp3) is 0.360. The van der Waals surface area contributed by atoms with Crippen LogP contribution in [0.4, 0.5) is 0 Å². The summed E-state index contributed by atoms with van der Waals surface area (Å²) in [5, 5.41) is 15.6. The van der Waals surface area contributed by atoms with Gasteiger partial charge in [0.05, 0.1) is 6.10 Å². The summed E-state index contributed by atoms with van der Waals surface area (Å²) in [6.07, 6.45) is 6.08. The van der Waals surface area contributed by atoms with Gasteiger partial charge in [-0.05, 0) is 55.0 Å². The third-order valence-electron chi connectivity index (χ3n) is 5.70. The molecule has 0 bridgehead atoms. The lowest BCUT2D eigenvalue weighted by Crippen LogP contribution is -2.35. The number of rotatable bonds is 4. The topological polar surface area (TPSA) is 87.1 Å². The van der Waals surface area contributed by atoms with E-state index in [1.54, 1.807) is 0 Å². The number of ether oxygens (including phenoxy) is 1. The second-order valence-corrected chi connectivity index (χ2v) is 7.93. The van der Waals surface area contributed by atoms with Crippen LogP contribution in [0.25, 0.3) is 0 Å². The van der Waals surface area contributed by atoms with Crippen molar-refractivity contribution in [2.45, 2.75) is 37.9 Å². The molecule has 2 aliphatic rings. The number of aliphatic carboxylic acids is 2. The third kappa shape index (κ3) is 6.51. The van der Waals surface area contributed by atoms with Crippen LogP contribution in [-0.4, -0.2) is 53.3 Å². The molecule has 1 aliphatic heterocycles. The van der Waals surface area contributed by atoms with Gasteiger partial charge in [-0.25, -0.2) is 9.59 Å². The van der Waals surface area contributed by atoms with E-state index in [0.29, 0.717) is 18.3 Å². The predicted octanol–water partition coefficient (Wildman–Crippen LogP) is 3.70. The van der Waals surface area contributed by atoms with Gasteiger partial charge in [0.2, 0.25) is 0 Å². The lowest BCUT2D eigenvalue weighted by atomic mass is 9.96. The summed E-state index contributed by atoms with van der Waals surface area (Å²) in [6.45, 7) is 2.28. The minimum atomic E-state index is -1.26. The van der Waals surface area contributed by atoms with Gasteiger partial charge in [0, 0.05) is 25.2 Å². The lowest BCUT2D eigenvalue weighted by molar-refractivity contribution is -0.134. The Kier molecular flexibility index (Phi) is 7.98. The molecule has 0 amide bonds. The number of aryl methyl sites for hydroxylation is 2. The maximum Gasteiger partial charge on any atom is 0.328 e. The van der Waals surface area contributed by atoms with Crippen LogP contribution >= 0.6 is 0 Å². The van der Waals surface area contributed by atoms with Crippen LogP contribution in [0.15, 0.2) is 60.7 Å². The Balaban J connectivity index is 0.000000293. The molecule has 6 nitrogen and oxygen atoms in total. The average Bonchev–Trinajstić information content (AvgIpc) is 2.92. The van der Waals surface area contributed by atoms with Crippen molar-refractivity contribution in [1.29, 1.82) is 0 Å². The van der Waals surface area contributed by atoms with E-state index in [1.807, 2.05) is 0 Å². The Bertz CT molecular complexity index is 868. The molecule has 2 aromatic carbocycles. The molecule has 0 radical (unpaired) electrons. The molecule has 0 aromatic heterocycles. The summed E-state index contributed by atoms with van der Waals surface area (Å²) in [5.41, 5.74) is 5.64. The summed E-state index contributed by atoms with van der Waals surface area (Å²) in [6, 6.07) is 17.7. The number of carbonyl (C=O) groups is 2. The summed E-state index contributed by atoms with van der Waals surface area (Å²) in [4.78, 5) is 21.5. The molecule has 2 aromatic rings. The van der Waals surface area contributed by atoms with Crippen LogP contribution in [0.3, 0.4) is 0 Å². The van der Waals surface area contributed by atoms with Gasteiger partial charge in [0.25, 0.3) is 0 Å². The van der Waals surface area contributed by atoms with Crippen molar-refractivity contribution < 1.29 is 24.5 Å². The van der Waals surface area contributed by atoms with E-state index in [-0.39, 0.29) is 6.10 Å². The molecule has 4 rings (SSSR count). The molecule has 1 fully saturated rings. The second-order valence-electron chi connectivity index (χ2n) is 7.93. The van der Waals surface area contributed by atoms with Gasteiger partial charge in [-0.1, -0.05) is 48.5 Å². The molecule has 0 atom stereocenters. The molecule has 2 N–H and O–H groups in total. The number of likely N-dealkylation sites (tertiary alicyclic amines) is 1. The molecule has 31 heavy (non-hydrogen) atoms. The highest BCUT2D eigenvalue weighted by molar-refractivity contribution is 5.89. The highest BCUT2D eigenvalue weighted by Crippen LogP contribution is 2.36. The minimum Gasteiger partial charge on any atom is -0.478 e. The highest BCUT2D eigenvalue weighted by Gasteiger charge is 2.28. The van der Waals surface area contributed by atoms with Crippen molar-refractivity contribution in [3.05, 3.63) is 82.9 Å². The molecule has 164 valence electrons. The molecule has 1 heterocycles. The van der Waals surface area contributed by atoms with Gasteiger partial charge < -0.3 is 19.8 Å². The molecule has 6 heteroatoms. The first-order valence-electron chi connectivity index (χ1n) is 10.6. The van der Waals surface area contributed by atoms with Gasteiger partial charge >= 0.3 is 11.9 Å². The number of carboxylic acid groups (broad SMARTS) is 2. The maximum atomic E-state index is 9.55. The zero-order valence-corrected chi connectivity index (χ0v) is 17.7. The highest BCUT2D eigenvalue weighted by atomic mass is 16.5. The third-order valence-corrected chi connectivity index (χ3v) is 5.70. The molecular weight excluding hydrogens is 394 g/mol. The van der Waals surface area contributed by atoms with E-state index in [1.165, 1.54) is 22.3 Å². The predicted molar refractivity (Wildman–Crippen MR) is 118 cm³/mol. The van der Waals surface area contributed by atoms with E-state index in [4.69, 9.17) is 14.9 Å². The van der Waals surface area contributed by atoms with Crippen molar-refractivity contribution in [2.75, 3.05) is 20.1 Å². The standard InChI is InChI=1S/C21H25NO.C4H4O4/c1-22-14-12-18(13-15-22)23-21-19-8-4-2-6-16(19)10-11-17-7-3-5-9-20(17)21;5-3(6)1-2-4(7)8/h2-9,18,21H,10-15H2,1H3;1-2H,(H,5,6)(H,7,8)/b;2-1-. The quantitative estimate of drug-likeness (QED) is 0.730. The summed E-state index contributed by atoms with van der Waals surface area (Å²) >= 11 is 0. The Labute approximate surface area is 182 Å². The van der Waals surface area contributed by atoms with Crippen molar-refractivity contribution in [3.8, 4) is 0 Å². The Morgan fingerprint density at radius 1 is 0.871 bits per heavy atom. The molecular formula is C25H29NO5. The second kappa shape index (κ2) is 10.9. The largest absolute Gasteiger partial charge is 0.478 e. The van der Waals surface area contributed by atoms with E-state index in [0.717, 1.165) is 38.8 Å². The number of benzene rings is 2. The van der Waals surface area contributed by atoms with Gasteiger partial charge in [-0.3, -0.25) is 0 Å². The van der Waals surface area contributed by atoms with Gasteiger partial charge in [-0.15, -0.1) is 0 Å². The van der Waals surface area contributed by atoms with Crippen LogP contribution in [0.2, 0.25) is 0 Å². The maximum absolute atomic E-state index is 9.55. The summed E-state index contributed by atoms with van der Waals surface area (Å²) in [5.74, 6) is -2.51. The number of fused-ring (bicyclic) bond motifs is 2. The first-order chi connectivity index (χ1) is 14.9. The molecule has 1 saturated heterocycles. The van der Waals surface area contributed by atoms with Gasteiger partial charge in [0.15, 0.2) is 0 Å². The number of carboxylic acids is 2. The van der Waals surface area contributed by atoms with E-state index in [2.05, 4.69) is 60.5 Å². The van der Waals surface area contributed by atoms with E-state index in [9.17, 15) is 9.59 Å². The van der Waals surface area contributed by atoms with E-state index < -0.39 is 11.9 Å². The van der Waals surface area contributed by atoms with E-state index >= 15 is 0 Å². The Morgan fingerprint density at radius 3 is 1.77 bits per heavy atom. The average molecular weight is 424 g/mol. The number of piperidine rings is 1. The number of nitrogens with zero attached hydrogens (tertiary/aromatic N) is 1. The van der Waals surface area contributed by atoms with Crippen LogP contribution in [0, 0.1) is 0 Å². The zero-order chi connectivity index (χ0) is 22.2. The van der Waals surface area contributed by atoms with Crippen molar-refractivity contribution in [3.63, 3.8) is 0 Å². The van der Waals surface area contributed by atoms with Crippen LogP contribution in [-0.2, 0) is 27.2 Å². The zero-order valence-electron chi connectivity index (χ0n) is 17.7. The summed E-state index contributed by atoms with van der Waals surface area (Å²) < 4.78 is 6.69. The number of hydrogen-bond donors (Lipinski definition) is 2. The van der Waals surface area contributed by atoms with Crippen molar-refractivity contribution >= 4 is 11.9 Å². The van der Waals surface area contributed by atoms with Gasteiger partial charge in [-0.2, -0.15) is 0 Å². The lowest BCUT2D eigenvalue weighted by Gasteiger charge is -2.32. The fourth-order valence-electron chi connectivity index (χ4n) is 4.07. The molecule has 1 aliphatic carbocycles. The SMILES string of the molecule is CN1CCC(OC2c3ccccc3CCc3ccccc32)CC1.O=C(O)/C=C\C(=O)O. The Hall–Kier alpha value is -2.96. The summed E-state index contributed by atoms with van der Waals surface area (Å²) in [7, 11) is 2.20. The normalized spacial score (nSPS) is 17.2. The Morgan fingerprint density at radius 2 is 1.32 bits per heavy atom. The van der Waals surface area contributed by atoms with Crippen molar-refractivity contribution in [1.82, 2.24) is 4.90 Å². The molecule has 0 saturated carbocycles. The first kappa shape index (κ1) is 22.7. The van der Waals surface area contributed by atoms with Gasteiger partial charge in [0.1, 0.15) is 6.10 Å². The van der Waals surface area contributed by atoms with Crippen LogP contribution < -0.4 is 0 Å². The monoisotopic (exact) mass is 423 g/mol. The number of hydrogen-bond acceptors (Lipinski definition) is 4. The first-order valence-corrected chi connectivity index (χ1v) is 10.6. The molecule has 0 unspecified atom stereocenters. The minimum absolute atomic E-state index is 0.0957. The van der Waals surface area contributed by atoms with Crippen LogP contribution in [0.1, 0.15) is 41.2 Å².